The molecular weight excluding hydrogens is 431 g/mol. The third-order valence-corrected chi connectivity index (χ3v) is 6.12. The van der Waals surface area contributed by atoms with Crippen molar-refractivity contribution in [3.8, 4) is 11.3 Å². The van der Waals surface area contributed by atoms with Gasteiger partial charge in [-0.1, -0.05) is 12.1 Å². The summed E-state index contributed by atoms with van der Waals surface area (Å²) in [5.41, 5.74) is 1.44. The average Bonchev–Trinajstić information content (AvgIpc) is 3.13. The maximum absolute atomic E-state index is 13.4. The van der Waals surface area contributed by atoms with Crippen LogP contribution in [0, 0.1) is 0 Å². The van der Waals surface area contributed by atoms with Crippen LogP contribution in [0.15, 0.2) is 60.9 Å². The van der Waals surface area contributed by atoms with E-state index in [0.717, 1.165) is 50.2 Å². The molecule has 33 heavy (non-hydrogen) atoms. The van der Waals surface area contributed by atoms with Crippen LogP contribution in [0.25, 0.3) is 11.3 Å². The summed E-state index contributed by atoms with van der Waals surface area (Å²) in [5.74, 6) is 0.471. The smallest absolute Gasteiger partial charge is 0.368 e. The second-order valence-electron chi connectivity index (χ2n) is 8.23. The van der Waals surface area contributed by atoms with Crippen molar-refractivity contribution in [2.45, 2.75) is 31.5 Å². The Balaban J connectivity index is 1.58. The van der Waals surface area contributed by atoms with E-state index in [0.29, 0.717) is 22.8 Å². The molecule has 2 bridgehead atoms. The summed E-state index contributed by atoms with van der Waals surface area (Å²) in [6.07, 6.45) is 1.31. The van der Waals surface area contributed by atoms with Gasteiger partial charge in [-0.3, -0.25) is 9.88 Å². The van der Waals surface area contributed by atoms with Crippen molar-refractivity contribution >= 4 is 23.2 Å². The minimum Gasteiger partial charge on any atom is -0.368 e. The number of aromatic nitrogens is 2. The van der Waals surface area contributed by atoms with Crippen molar-refractivity contribution in [1.82, 2.24) is 9.97 Å². The van der Waals surface area contributed by atoms with Crippen LogP contribution in [0.2, 0.25) is 0 Å². The number of fused-ring (bicyclic) bond motifs is 5. The number of pyridine rings is 2. The van der Waals surface area contributed by atoms with E-state index < -0.39 is 11.7 Å². The molecule has 2 aliphatic heterocycles. The lowest BCUT2D eigenvalue weighted by Gasteiger charge is -2.32. The number of rotatable bonds is 2. The number of halogens is 3. The van der Waals surface area contributed by atoms with Gasteiger partial charge in [-0.15, -0.1) is 0 Å². The lowest BCUT2D eigenvalue weighted by atomic mass is 10.1. The van der Waals surface area contributed by atoms with E-state index in [1.807, 2.05) is 6.07 Å². The molecule has 0 saturated carbocycles. The molecule has 2 aromatic heterocycles. The van der Waals surface area contributed by atoms with Crippen LogP contribution in [-0.2, 0) is 6.18 Å². The molecule has 6 nitrogen and oxygen atoms in total. The summed E-state index contributed by atoms with van der Waals surface area (Å²) >= 11 is 0. The molecule has 5 rings (SSSR count). The predicted molar refractivity (Wildman–Crippen MR) is 120 cm³/mol. The van der Waals surface area contributed by atoms with Gasteiger partial charge in [0.2, 0.25) is 0 Å². The van der Waals surface area contributed by atoms with Gasteiger partial charge in [0.15, 0.2) is 5.82 Å². The van der Waals surface area contributed by atoms with Crippen LogP contribution >= 0.6 is 0 Å². The number of alkyl halides is 3. The number of urea groups is 1. The lowest BCUT2D eigenvalue weighted by molar-refractivity contribution is -0.137. The monoisotopic (exact) mass is 453 g/mol. The van der Waals surface area contributed by atoms with Gasteiger partial charge in [0, 0.05) is 42.8 Å². The number of carbonyl (C=O) groups excluding carboxylic acids is 1. The number of nitrogens with zero attached hydrogens (tertiary/aromatic N) is 4. The number of nitrogens with one attached hydrogen (secondary N) is 1. The highest BCUT2D eigenvalue weighted by Gasteiger charge is 2.36. The highest BCUT2D eigenvalue weighted by molar-refractivity contribution is 6.04. The molecule has 9 heteroatoms. The summed E-state index contributed by atoms with van der Waals surface area (Å²) in [5, 5.41) is 2.91. The average molecular weight is 453 g/mol. The molecule has 3 aromatic rings. The van der Waals surface area contributed by atoms with E-state index in [1.165, 1.54) is 6.07 Å². The number of carbonyl (C=O) groups is 1. The lowest BCUT2D eigenvalue weighted by Crippen LogP contribution is -2.43. The highest BCUT2D eigenvalue weighted by Crippen LogP contribution is 2.39. The Morgan fingerprint density at radius 2 is 1.85 bits per heavy atom. The van der Waals surface area contributed by atoms with Gasteiger partial charge < -0.3 is 10.2 Å². The molecule has 1 saturated heterocycles. The zero-order valence-corrected chi connectivity index (χ0v) is 17.7. The number of hydrogen-bond donors (Lipinski definition) is 1. The number of benzene rings is 1. The van der Waals surface area contributed by atoms with Crippen LogP contribution in [0.4, 0.5) is 35.2 Å². The topological polar surface area (TPSA) is 61.4 Å². The minimum atomic E-state index is -4.44. The number of amides is 2. The number of hydrogen-bond acceptors (Lipinski definition) is 4. The van der Waals surface area contributed by atoms with Crippen molar-refractivity contribution in [2.24, 2.45) is 0 Å². The van der Waals surface area contributed by atoms with Crippen LogP contribution in [-0.4, -0.2) is 35.1 Å². The van der Waals surface area contributed by atoms with Crippen LogP contribution in [0.5, 0.6) is 0 Å². The molecule has 170 valence electrons. The first-order chi connectivity index (χ1) is 15.9. The van der Waals surface area contributed by atoms with E-state index in [-0.39, 0.29) is 12.1 Å². The molecule has 0 unspecified atom stereocenters. The first-order valence-electron chi connectivity index (χ1n) is 10.8. The molecule has 1 fully saturated rings. The van der Waals surface area contributed by atoms with E-state index >= 15 is 0 Å². The summed E-state index contributed by atoms with van der Waals surface area (Å²) < 4.78 is 39.7. The van der Waals surface area contributed by atoms with Crippen molar-refractivity contribution in [3.63, 3.8) is 0 Å². The molecule has 1 N–H and O–H groups in total. The SMILES string of the molecule is O=C(Nc1ccncc1)N1c2nc(-c3cccc(C(F)(F)F)c3)ccc2N2CCC[C@@H]1CC2. The third kappa shape index (κ3) is 4.22. The zero-order valence-electron chi connectivity index (χ0n) is 17.7. The molecule has 0 aliphatic carbocycles. The van der Waals surface area contributed by atoms with E-state index in [9.17, 15) is 18.0 Å². The fraction of sp³-hybridized carbons (Fsp3) is 0.292. The van der Waals surface area contributed by atoms with Gasteiger partial charge in [-0.2, -0.15) is 13.2 Å². The van der Waals surface area contributed by atoms with Crippen molar-refractivity contribution in [1.29, 1.82) is 0 Å². The Morgan fingerprint density at radius 3 is 2.64 bits per heavy atom. The molecule has 1 atom stereocenters. The van der Waals surface area contributed by atoms with Gasteiger partial charge in [-0.05, 0) is 55.7 Å². The Hall–Kier alpha value is -3.62. The minimum absolute atomic E-state index is 0.0534. The van der Waals surface area contributed by atoms with Gasteiger partial charge in [0.05, 0.1) is 16.9 Å². The van der Waals surface area contributed by atoms with Gasteiger partial charge >= 0.3 is 12.2 Å². The number of anilines is 3. The van der Waals surface area contributed by atoms with E-state index in [1.54, 1.807) is 41.6 Å². The summed E-state index contributed by atoms with van der Waals surface area (Å²) in [6, 6.07) is 11.7. The van der Waals surface area contributed by atoms with E-state index in [4.69, 9.17) is 4.98 Å². The van der Waals surface area contributed by atoms with Gasteiger partial charge in [0.1, 0.15) is 0 Å². The molecule has 1 aromatic carbocycles. The van der Waals surface area contributed by atoms with Crippen molar-refractivity contribution in [2.75, 3.05) is 28.2 Å². The van der Waals surface area contributed by atoms with Crippen molar-refractivity contribution < 1.29 is 18.0 Å². The fourth-order valence-corrected chi connectivity index (χ4v) is 4.51. The zero-order chi connectivity index (χ0) is 23.0. The predicted octanol–water partition coefficient (Wildman–Crippen LogP) is 5.57. The normalized spacial score (nSPS) is 17.8. The molecule has 2 amide bonds. The van der Waals surface area contributed by atoms with Gasteiger partial charge in [-0.25, -0.2) is 9.78 Å². The summed E-state index contributed by atoms with van der Waals surface area (Å²) in [7, 11) is 0. The first kappa shape index (κ1) is 21.2. The Kier molecular flexibility index (Phi) is 5.39. The molecule has 4 heterocycles. The largest absolute Gasteiger partial charge is 0.416 e. The first-order valence-corrected chi connectivity index (χ1v) is 10.8. The Bertz CT molecular complexity index is 1170. The Morgan fingerprint density at radius 1 is 1.03 bits per heavy atom. The standard InChI is InChI=1S/C24H22F3N5O/c25-24(26,27)17-4-1-3-16(15-17)20-6-7-21-22(30-20)32(19-5-2-13-31(21)14-10-19)23(33)29-18-8-11-28-12-9-18/h1,3-4,6-9,11-12,15,19H,2,5,10,13-14H2,(H,28,29,33)/t19-/m1/s1. The third-order valence-electron chi connectivity index (χ3n) is 6.12. The highest BCUT2D eigenvalue weighted by atomic mass is 19.4. The summed E-state index contributed by atoms with van der Waals surface area (Å²) in [4.78, 5) is 26.0. The molecule has 0 radical (unpaired) electrons. The molecule has 2 aliphatic rings. The van der Waals surface area contributed by atoms with E-state index in [2.05, 4.69) is 15.2 Å². The van der Waals surface area contributed by atoms with Crippen LogP contribution in [0.3, 0.4) is 0 Å². The van der Waals surface area contributed by atoms with Crippen LogP contribution in [0.1, 0.15) is 24.8 Å². The second kappa shape index (κ2) is 8.38. The Labute approximate surface area is 189 Å². The molecule has 0 spiro atoms. The summed E-state index contributed by atoms with van der Waals surface area (Å²) in [6.45, 7) is 1.65. The van der Waals surface area contributed by atoms with Crippen LogP contribution < -0.4 is 15.1 Å². The molecular formula is C24H22F3N5O. The van der Waals surface area contributed by atoms with Crippen molar-refractivity contribution in [3.05, 3.63) is 66.5 Å². The maximum atomic E-state index is 13.4. The maximum Gasteiger partial charge on any atom is 0.416 e. The van der Waals surface area contributed by atoms with Gasteiger partial charge in [0.25, 0.3) is 0 Å². The second-order valence-corrected chi connectivity index (χ2v) is 8.23. The quantitative estimate of drug-likeness (QED) is 0.551. The fourth-order valence-electron chi connectivity index (χ4n) is 4.51.